The van der Waals surface area contributed by atoms with Crippen molar-refractivity contribution in [2.24, 2.45) is 0 Å². The molecule has 7 heteroatoms. The van der Waals surface area contributed by atoms with E-state index in [1.807, 2.05) is 0 Å². The quantitative estimate of drug-likeness (QED) is 0.802. The van der Waals surface area contributed by atoms with Crippen molar-refractivity contribution in [2.45, 2.75) is 11.8 Å². The van der Waals surface area contributed by atoms with E-state index in [4.69, 9.17) is 4.74 Å². The van der Waals surface area contributed by atoms with Crippen LogP contribution in [0.4, 0.5) is 0 Å². The third kappa shape index (κ3) is 3.74. The molecular formula is C12H11BrN2O3S. The van der Waals surface area contributed by atoms with Crippen LogP contribution in [0, 0.1) is 6.92 Å². The Hall–Kier alpha value is -1.47. The van der Waals surface area contributed by atoms with Crippen LogP contribution in [0.3, 0.4) is 0 Å². The van der Waals surface area contributed by atoms with Crippen LogP contribution in [-0.4, -0.2) is 24.6 Å². The van der Waals surface area contributed by atoms with E-state index < -0.39 is 9.84 Å². The van der Waals surface area contributed by atoms with Crippen molar-refractivity contribution >= 4 is 25.8 Å². The molecule has 0 fully saturated rings. The van der Waals surface area contributed by atoms with Crippen molar-refractivity contribution in [1.29, 1.82) is 0 Å². The Labute approximate surface area is 119 Å². The Morgan fingerprint density at radius 2 is 1.95 bits per heavy atom. The van der Waals surface area contributed by atoms with Gasteiger partial charge in [0.1, 0.15) is 16.2 Å². The molecule has 1 heterocycles. The van der Waals surface area contributed by atoms with Crippen LogP contribution in [0.2, 0.25) is 0 Å². The highest BCUT2D eigenvalue weighted by atomic mass is 79.9. The van der Waals surface area contributed by atoms with Crippen LogP contribution in [0.1, 0.15) is 5.82 Å². The number of ether oxygens (including phenoxy) is 1. The van der Waals surface area contributed by atoms with Crippen molar-refractivity contribution in [2.75, 3.05) is 6.26 Å². The molecule has 0 aliphatic heterocycles. The molecule has 0 spiro atoms. The number of benzene rings is 1. The number of hydrogen-bond acceptors (Lipinski definition) is 5. The summed E-state index contributed by atoms with van der Waals surface area (Å²) in [7, 11) is -3.26. The van der Waals surface area contributed by atoms with Gasteiger partial charge in [-0.3, -0.25) is 0 Å². The number of hydrogen-bond donors (Lipinski definition) is 0. The lowest BCUT2D eigenvalue weighted by Gasteiger charge is -2.07. The van der Waals surface area contributed by atoms with E-state index in [-0.39, 0.29) is 4.90 Å². The molecular weight excluding hydrogens is 332 g/mol. The van der Waals surface area contributed by atoms with Crippen LogP contribution in [-0.2, 0) is 9.84 Å². The second-order valence-electron chi connectivity index (χ2n) is 3.93. The summed E-state index contributed by atoms with van der Waals surface area (Å²) in [4.78, 5) is 8.37. The topological polar surface area (TPSA) is 69.2 Å². The summed E-state index contributed by atoms with van der Waals surface area (Å²) in [6.07, 6.45) is 1.15. The van der Waals surface area contributed by atoms with Crippen molar-refractivity contribution in [1.82, 2.24) is 9.97 Å². The lowest BCUT2D eigenvalue weighted by Crippen LogP contribution is -1.98. The van der Waals surface area contributed by atoms with Gasteiger partial charge in [0, 0.05) is 12.3 Å². The van der Waals surface area contributed by atoms with Gasteiger partial charge in [0.05, 0.1) is 4.90 Å². The van der Waals surface area contributed by atoms with Gasteiger partial charge in [-0.15, -0.1) is 0 Å². The van der Waals surface area contributed by atoms with Gasteiger partial charge in [-0.25, -0.2) is 13.4 Å². The molecule has 0 unspecified atom stereocenters. The van der Waals surface area contributed by atoms with Gasteiger partial charge >= 0.3 is 0 Å². The first-order chi connectivity index (χ1) is 8.84. The Kier molecular flexibility index (Phi) is 3.86. The predicted octanol–water partition coefficient (Wildman–Crippen LogP) is 2.74. The van der Waals surface area contributed by atoms with Gasteiger partial charge in [0.2, 0.25) is 5.88 Å². The van der Waals surface area contributed by atoms with Crippen LogP contribution in [0.15, 0.2) is 39.8 Å². The SMILES string of the molecule is Cc1nc(Br)cc(Oc2cccc(S(C)(=O)=O)c2)n1. The maximum atomic E-state index is 11.5. The second kappa shape index (κ2) is 5.26. The summed E-state index contributed by atoms with van der Waals surface area (Å²) >= 11 is 3.25. The van der Waals surface area contributed by atoms with Crippen LogP contribution in [0.5, 0.6) is 11.6 Å². The van der Waals surface area contributed by atoms with E-state index in [2.05, 4.69) is 25.9 Å². The highest BCUT2D eigenvalue weighted by Gasteiger charge is 2.09. The first kappa shape index (κ1) is 14.0. The average molecular weight is 343 g/mol. The van der Waals surface area contributed by atoms with Crippen molar-refractivity contribution < 1.29 is 13.2 Å². The lowest BCUT2D eigenvalue weighted by atomic mass is 10.3. The van der Waals surface area contributed by atoms with Crippen LogP contribution >= 0.6 is 15.9 Å². The zero-order valence-corrected chi connectivity index (χ0v) is 12.7. The fourth-order valence-electron chi connectivity index (χ4n) is 1.45. The van der Waals surface area contributed by atoms with Gasteiger partial charge in [0.15, 0.2) is 9.84 Å². The van der Waals surface area contributed by atoms with E-state index in [1.54, 1.807) is 25.1 Å². The summed E-state index contributed by atoms with van der Waals surface area (Å²) in [6.45, 7) is 1.74. The summed E-state index contributed by atoms with van der Waals surface area (Å²) in [6, 6.07) is 7.87. The molecule has 0 bridgehead atoms. The number of halogens is 1. The highest BCUT2D eigenvalue weighted by Crippen LogP contribution is 2.24. The number of aromatic nitrogens is 2. The molecule has 0 aliphatic carbocycles. The second-order valence-corrected chi connectivity index (χ2v) is 6.75. The molecule has 0 radical (unpaired) electrons. The van der Waals surface area contributed by atoms with E-state index in [0.717, 1.165) is 6.26 Å². The maximum absolute atomic E-state index is 11.5. The smallest absolute Gasteiger partial charge is 0.223 e. The Morgan fingerprint density at radius 3 is 2.58 bits per heavy atom. The van der Waals surface area contributed by atoms with Crippen molar-refractivity contribution in [3.05, 3.63) is 40.8 Å². The zero-order valence-electron chi connectivity index (χ0n) is 10.3. The number of sulfone groups is 1. The molecule has 0 atom stereocenters. The Morgan fingerprint density at radius 1 is 1.21 bits per heavy atom. The molecule has 2 aromatic rings. The molecule has 5 nitrogen and oxygen atoms in total. The normalized spacial score (nSPS) is 11.3. The fraction of sp³-hybridized carbons (Fsp3) is 0.167. The minimum atomic E-state index is -3.26. The van der Waals surface area contributed by atoms with Crippen LogP contribution in [0.25, 0.3) is 0 Å². The van der Waals surface area contributed by atoms with Crippen molar-refractivity contribution in [3.8, 4) is 11.6 Å². The number of aryl methyl sites for hydroxylation is 1. The molecule has 0 saturated carbocycles. The molecule has 0 N–H and O–H groups in total. The van der Waals surface area contributed by atoms with Gasteiger partial charge in [-0.05, 0) is 41.1 Å². The number of rotatable bonds is 3. The average Bonchev–Trinajstić information content (AvgIpc) is 2.26. The monoisotopic (exact) mass is 342 g/mol. The standard InChI is InChI=1S/C12H11BrN2O3S/c1-8-14-11(13)7-12(15-8)18-9-4-3-5-10(6-9)19(2,16)17/h3-7H,1-2H3. The third-order valence-corrected chi connectivity index (χ3v) is 3.76. The van der Waals surface area contributed by atoms with E-state index in [1.165, 1.54) is 12.1 Å². The lowest BCUT2D eigenvalue weighted by molar-refractivity contribution is 0.457. The molecule has 0 amide bonds. The molecule has 2 rings (SSSR count). The van der Waals surface area contributed by atoms with Gasteiger partial charge < -0.3 is 4.74 Å². The van der Waals surface area contributed by atoms with E-state index in [9.17, 15) is 8.42 Å². The molecule has 0 aliphatic rings. The predicted molar refractivity (Wildman–Crippen MR) is 74.1 cm³/mol. The highest BCUT2D eigenvalue weighted by molar-refractivity contribution is 9.10. The Balaban J connectivity index is 2.33. The van der Waals surface area contributed by atoms with Gasteiger partial charge in [-0.2, -0.15) is 4.98 Å². The summed E-state index contributed by atoms with van der Waals surface area (Å²) in [5.41, 5.74) is 0. The van der Waals surface area contributed by atoms with E-state index in [0.29, 0.717) is 22.1 Å². The first-order valence-electron chi connectivity index (χ1n) is 5.34. The minimum absolute atomic E-state index is 0.204. The zero-order chi connectivity index (χ0) is 14.0. The minimum Gasteiger partial charge on any atom is -0.439 e. The molecule has 0 saturated heterocycles. The molecule has 1 aromatic heterocycles. The van der Waals surface area contributed by atoms with Crippen molar-refractivity contribution in [3.63, 3.8) is 0 Å². The van der Waals surface area contributed by atoms with E-state index >= 15 is 0 Å². The molecule has 19 heavy (non-hydrogen) atoms. The molecule has 100 valence electrons. The summed E-state index contributed by atoms with van der Waals surface area (Å²) in [5, 5.41) is 0. The van der Waals surface area contributed by atoms with Gasteiger partial charge in [0.25, 0.3) is 0 Å². The van der Waals surface area contributed by atoms with Gasteiger partial charge in [-0.1, -0.05) is 6.07 Å². The fourth-order valence-corrected chi connectivity index (χ4v) is 2.56. The third-order valence-electron chi connectivity index (χ3n) is 2.24. The van der Waals surface area contributed by atoms with Crippen LogP contribution < -0.4 is 4.74 Å². The summed E-state index contributed by atoms with van der Waals surface area (Å²) in [5.74, 6) is 1.32. The Bertz CT molecular complexity index is 696. The maximum Gasteiger partial charge on any atom is 0.223 e. The largest absolute Gasteiger partial charge is 0.439 e. The molecule has 1 aromatic carbocycles. The first-order valence-corrected chi connectivity index (χ1v) is 8.02. The summed E-state index contributed by atoms with van der Waals surface area (Å²) < 4.78 is 29.1. The number of nitrogens with zero attached hydrogens (tertiary/aromatic N) is 2.